The maximum atomic E-state index is 11.3. The van der Waals surface area contributed by atoms with Gasteiger partial charge in [-0.3, -0.25) is 4.21 Å². The first-order valence-corrected chi connectivity index (χ1v) is 6.70. The highest BCUT2D eigenvalue weighted by Crippen LogP contribution is 2.12. The van der Waals surface area contributed by atoms with Crippen LogP contribution < -0.4 is 0 Å². The second kappa shape index (κ2) is 4.35. The Labute approximate surface area is 102 Å². The highest BCUT2D eigenvalue weighted by atomic mass is 127. The van der Waals surface area contributed by atoms with Crippen molar-refractivity contribution in [3.05, 3.63) is 27.8 Å². The van der Waals surface area contributed by atoms with Crippen molar-refractivity contribution in [2.45, 2.75) is 5.16 Å². The van der Waals surface area contributed by atoms with Crippen LogP contribution in [0.25, 0.3) is 5.69 Å². The predicted molar refractivity (Wildman–Crippen MR) is 64.2 cm³/mol. The zero-order chi connectivity index (χ0) is 10.8. The summed E-state index contributed by atoms with van der Waals surface area (Å²) in [4.78, 5) is 0. The van der Waals surface area contributed by atoms with Crippen LogP contribution in [0.2, 0.25) is 0 Å². The van der Waals surface area contributed by atoms with Gasteiger partial charge in [0.2, 0.25) is 5.16 Å². The fraction of sp³-hybridized carbons (Fsp3) is 0.125. The van der Waals surface area contributed by atoms with Gasteiger partial charge in [0.1, 0.15) is 0 Å². The molecule has 2 rings (SSSR count). The third-order valence-electron chi connectivity index (χ3n) is 1.77. The van der Waals surface area contributed by atoms with E-state index in [2.05, 4.69) is 38.1 Å². The lowest BCUT2D eigenvalue weighted by molar-refractivity contribution is 0.670. The lowest BCUT2D eigenvalue weighted by Gasteiger charge is -2.01. The second-order valence-electron chi connectivity index (χ2n) is 2.80. The molecule has 0 aliphatic carbocycles. The number of halogens is 1. The number of rotatable bonds is 2. The van der Waals surface area contributed by atoms with E-state index in [1.165, 1.54) is 4.68 Å². The summed E-state index contributed by atoms with van der Waals surface area (Å²) in [6, 6.07) is 7.66. The molecule has 0 amide bonds. The van der Waals surface area contributed by atoms with E-state index in [1.807, 2.05) is 24.3 Å². The maximum Gasteiger partial charge on any atom is 0.244 e. The Balaban J connectivity index is 2.49. The molecule has 0 aliphatic heterocycles. The standard InChI is InChI=1S/C8H7IN4OS/c1-15(14)8-10-11-12-13(8)7-4-2-6(9)3-5-7/h2-5H,1H3. The van der Waals surface area contributed by atoms with Crippen molar-refractivity contribution in [2.24, 2.45) is 0 Å². The summed E-state index contributed by atoms with van der Waals surface area (Å²) >= 11 is 2.22. The van der Waals surface area contributed by atoms with Crippen molar-refractivity contribution in [3.63, 3.8) is 0 Å². The summed E-state index contributed by atoms with van der Waals surface area (Å²) in [7, 11) is -1.19. The smallest absolute Gasteiger partial charge is 0.244 e. The largest absolute Gasteiger partial charge is 0.251 e. The molecule has 7 heteroatoms. The van der Waals surface area contributed by atoms with Gasteiger partial charge in [0.15, 0.2) is 0 Å². The van der Waals surface area contributed by atoms with E-state index in [9.17, 15) is 4.21 Å². The van der Waals surface area contributed by atoms with E-state index in [1.54, 1.807) is 6.26 Å². The van der Waals surface area contributed by atoms with Crippen LogP contribution in [0.5, 0.6) is 0 Å². The molecule has 1 aromatic heterocycles. The molecular weight excluding hydrogens is 327 g/mol. The van der Waals surface area contributed by atoms with Crippen LogP contribution in [0.15, 0.2) is 29.4 Å². The van der Waals surface area contributed by atoms with E-state index in [0.29, 0.717) is 5.16 Å². The molecule has 0 radical (unpaired) electrons. The van der Waals surface area contributed by atoms with Gasteiger partial charge in [-0.2, -0.15) is 4.68 Å². The van der Waals surface area contributed by atoms with Crippen molar-refractivity contribution < 1.29 is 4.21 Å². The fourth-order valence-corrected chi connectivity index (χ4v) is 2.00. The highest BCUT2D eigenvalue weighted by molar-refractivity contribution is 14.1. The Hall–Kier alpha value is -0.830. The normalized spacial score (nSPS) is 12.7. The van der Waals surface area contributed by atoms with Crippen LogP contribution >= 0.6 is 22.6 Å². The minimum Gasteiger partial charge on any atom is -0.251 e. The molecule has 1 aromatic carbocycles. The summed E-state index contributed by atoms with van der Waals surface area (Å²) in [6.07, 6.45) is 1.55. The molecular formula is C8H7IN4OS. The van der Waals surface area contributed by atoms with Crippen LogP contribution in [0, 0.1) is 3.57 Å². The molecule has 0 aliphatic rings. The number of hydrogen-bond donors (Lipinski definition) is 0. The molecule has 2 aromatic rings. The zero-order valence-corrected chi connectivity index (χ0v) is 10.8. The third-order valence-corrected chi connectivity index (χ3v) is 3.26. The summed E-state index contributed by atoms with van der Waals surface area (Å²) in [5.74, 6) is 0. The summed E-state index contributed by atoms with van der Waals surface area (Å²) in [5, 5.41) is 11.4. The van der Waals surface area contributed by atoms with Gasteiger partial charge in [0.25, 0.3) is 0 Å². The Kier molecular flexibility index (Phi) is 3.10. The van der Waals surface area contributed by atoms with E-state index in [4.69, 9.17) is 0 Å². The van der Waals surface area contributed by atoms with Crippen LogP contribution in [0.4, 0.5) is 0 Å². The van der Waals surface area contributed by atoms with Gasteiger partial charge >= 0.3 is 0 Å². The lowest BCUT2D eigenvalue weighted by atomic mass is 10.3. The minimum atomic E-state index is -1.19. The molecule has 78 valence electrons. The van der Waals surface area contributed by atoms with Crippen LogP contribution in [-0.4, -0.2) is 30.7 Å². The number of nitrogens with zero attached hydrogens (tertiary/aromatic N) is 4. The zero-order valence-electron chi connectivity index (χ0n) is 7.79. The molecule has 0 saturated carbocycles. The maximum absolute atomic E-state index is 11.3. The third kappa shape index (κ3) is 2.23. The van der Waals surface area contributed by atoms with Gasteiger partial charge < -0.3 is 0 Å². The topological polar surface area (TPSA) is 60.7 Å². The second-order valence-corrected chi connectivity index (χ2v) is 5.32. The Morgan fingerprint density at radius 2 is 2.00 bits per heavy atom. The predicted octanol–water partition coefficient (Wildman–Crippen LogP) is 1.00. The first-order chi connectivity index (χ1) is 7.18. The van der Waals surface area contributed by atoms with Crippen molar-refractivity contribution in [1.29, 1.82) is 0 Å². The number of aromatic nitrogens is 4. The minimum absolute atomic E-state index is 0.358. The lowest BCUT2D eigenvalue weighted by Crippen LogP contribution is -2.04. The first kappa shape index (κ1) is 10.7. The summed E-state index contributed by atoms with van der Waals surface area (Å²) in [5.41, 5.74) is 0.811. The van der Waals surface area contributed by atoms with E-state index < -0.39 is 10.8 Å². The van der Waals surface area contributed by atoms with Gasteiger partial charge in [-0.05, 0) is 57.3 Å². The van der Waals surface area contributed by atoms with Crippen molar-refractivity contribution in [2.75, 3.05) is 6.26 Å². The number of benzene rings is 1. The van der Waals surface area contributed by atoms with E-state index in [0.717, 1.165) is 9.26 Å². The molecule has 0 spiro atoms. The average Bonchev–Trinajstić information content (AvgIpc) is 2.67. The van der Waals surface area contributed by atoms with E-state index >= 15 is 0 Å². The van der Waals surface area contributed by atoms with Crippen LogP contribution in [-0.2, 0) is 10.8 Å². The Morgan fingerprint density at radius 3 is 2.60 bits per heavy atom. The van der Waals surface area contributed by atoms with Gasteiger partial charge in [-0.1, -0.05) is 5.10 Å². The van der Waals surface area contributed by atoms with Gasteiger partial charge in [0, 0.05) is 9.83 Å². The van der Waals surface area contributed by atoms with Crippen molar-refractivity contribution >= 4 is 33.4 Å². The molecule has 1 atom stereocenters. The fourth-order valence-electron chi connectivity index (χ4n) is 1.10. The monoisotopic (exact) mass is 334 g/mol. The van der Waals surface area contributed by atoms with Gasteiger partial charge in [-0.25, -0.2) is 0 Å². The number of tetrazole rings is 1. The van der Waals surface area contributed by atoms with Crippen molar-refractivity contribution in [3.8, 4) is 5.69 Å². The highest BCUT2D eigenvalue weighted by Gasteiger charge is 2.10. The molecule has 15 heavy (non-hydrogen) atoms. The molecule has 0 fully saturated rings. The Morgan fingerprint density at radius 1 is 1.33 bits per heavy atom. The summed E-state index contributed by atoms with van der Waals surface area (Å²) < 4.78 is 13.9. The van der Waals surface area contributed by atoms with Crippen molar-refractivity contribution in [1.82, 2.24) is 20.2 Å². The van der Waals surface area contributed by atoms with Gasteiger partial charge in [-0.15, -0.1) is 0 Å². The molecule has 0 saturated heterocycles. The molecule has 1 heterocycles. The number of hydrogen-bond acceptors (Lipinski definition) is 4. The quantitative estimate of drug-likeness (QED) is 0.769. The first-order valence-electron chi connectivity index (χ1n) is 4.06. The Bertz CT molecular complexity index is 496. The molecule has 0 bridgehead atoms. The summed E-state index contributed by atoms with van der Waals surface area (Å²) in [6.45, 7) is 0. The SMILES string of the molecule is CS(=O)c1nnnn1-c1ccc(I)cc1. The van der Waals surface area contributed by atoms with Crippen LogP contribution in [0.3, 0.4) is 0 Å². The molecule has 0 N–H and O–H groups in total. The van der Waals surface area contributed by atoms with Crippen LogP contribution in [0.1, 0.15) is 0 Å². The average molecular weight is 334 g/mol. The molecule has 1 unspecified atom stereocenters. The van der Waals surface area contributed by atoms with Gasteiger partial charge in [0.05, 0.1) is 16.5 Å². The molecule has 5 nitrogen and oxygen atoms in total. The van der Waals surface area contributed by atoms with E-state index in [-0.39, 0.29) is 0 Å².